The number of nitrogens with zero attached hydrogens (tertiary/aromatic N) is 2. The first kappa shape index (κ1) is 19.8. The molecule has 2 heterocycles. The van der Waals surface area contributed by atoms with E-state index in [-0.39, 0.29) is 23.5 Å². The second-order valence-electron chi connectivity index (χ2n) is 6.49. The Morgan fingerprint density at radius 2 is 2.18 bits per heavy atom. The van der Waals surface area contributed by atoms with Crippen LogP contribution in [0.3, 0.4) is 0 Å². The van der Waals surface area contributed by atoms with E-state index in [2.05, 4.69) is 15.0 Å². The standard InChI is InChI=1S/C20H23FN4O3/c1-27-13-7-8-14(15(21)11-13)17-12-24-19(25-17)16(22)5-3-2-4-6-18(26)20-23-9-10-28-20/h7-12,16H,2-6,22H2,1H3,(H,24,25)/t16-/m0/s1. The normalized spacial score (nSPS) is 12.1. The molecule has 0 saturated carbocycles. The molecule has 1 aromatic carbocycles. The third-order valence-corrected chi connectivity index (χ3v) is 4.50. The number of imidazole rings is 1. The van der Waals surface area contributed by atoms with Gasteiger partial charge in [-0.3, -0.25) is 4.79 Å². The van der Waals surface area contributed by atoms with Crippen molar-refractivity contribution >= 4 is 5.78 Å². The summed E-state index contributed by atoms with van der Waals surface area (Å²) in [5.74, 6) is 0.746. The summed E-state index contributed by atoms with van der Waals surface area (Å²) < 4.78 is 24.2. The van der Waals surface area contributed by atoms with Crippen LogP contribution in [0.2, 0.25) is 0 Å². The van der Waals surface area contributed by atoms with Crippen molar-refractivity contribution < 1.29 is 18.3 Å². The third-order valence-electron chi connectivity index (χ3n) is 4.50. The number of Topliss-reactive ketones (excluding diaryl/α,β-unsaturated/α-hetero) is 1. The largest absolute Gasteiger partial charge is 0.497 e. The van der Waals surface area contributed by atoms with Crippen molar-refractivity contribution in [3.8, 4) is 17.0 Å². The summed E-state index contributed by atoms with van der Waals surface area (Å²) in [5, 5.41) is 0. The van der Waals surface area contributed by atoms with Crippen LogP contribution in [-0.4, -0.2) is 27.8 Å². The van der Waals surface area contributed by atoms with Gasteiger partial charge in [0.05, 0.1) is 31.2 Å². The molecule has 0 bridgehead atoms. The van der Waals surface area contributed by atoms with Crippen LogP contribution in [0, 0.1) is 5.82 Å². The van der Waals surface area contributed by atoms with Gasteiger partial charge in [0.1, 0.15) is 23.7 Å². The van der Waals surface area contributed by atoms with E-state index in [1.54, 1.807) is 18.3 Å². The monoisotopic (exact) mass is 386 g/mol. The van der Waals surface area contributed by atoms with Gasteiger partial charge in [-0.1, -0.05) is 12.8 Å². The molecule has 0 radical (unpaired) electrons. The Balaban J connectivity index is 1.46. The van der Waals surface area contributed by atoms with Gasteiger partial charge in [0.2, 0.25) is 5.78 Å². The maximum Gasteiger partial charge on any atom is 0.263 e. The molecule has 28 heavy (non-hydrogen) atoms. The number of ether oxygens (including phenoxy) is 1. The van der Waals surface area contributed by atoms with Crippen LogP contribution in [0.15, 0.2) is 41.3 Å². The van der Waals surface area contributed by atoms with Crippen molar-refractivity contribution in [2.45, 2.75) is 38.1 Å². The summed E-state index contributed by atoms with van der Waals surface area (Å²) >= 11 is 0. The number of oxazole rings is 1. The Kier molecular flexibility index (Phi) is 6.54. The SMILES string of the molecule is COc1ccc(-c2cnc([C@@H](N)CCCCCC(=O)c3ncco3)[nH]2)c(F)c1. The highest BCUT2D eigenvalue weighted by molar-refractivity contribution is 5.91. The number of ketones is 1. The number of aromatic amines is 1. The van der Waals surface area contributed by atoms with E-state index >= 15 is 0 Å². The molecular weight excluding hydrogens is 363 g/mol. The first-order valence-corrected chi connectivity index (χ1v) is 9.15. The third kappa shape index (κ3) is 4.83. The molecule has 148 valence electrons. The van der Waals surface area contributed by atoms with Gasteiger partial charge >= 0.3 is 0 Å². The molecule has 3 N–H and O–H groups in total. The number of halogens is 1. The molecule has 0 amide bonds. The summed E-state index contributed by atoms with van der Waals surface area (Å²) in [6.45, 7) is 0. The Morgan fingerprint density at radius 3 is 2.89 bits per heavy atom. The fraction of sp³-hybridized carbons (Fsp3) is 0.350. The fourth-order valence-corrected chi connectivity index (χ4v) is 2.93. The van der Waals surface area contributed by atoms with E-state index < -0.39 is 0 Å². The second kappa shape index (κ2) is 9.27. The molecule has 1 atom stereocenters. The van der Waals surface area contributed by atoms with Crippen molar-refractivity contribution in [3.05, 3.63) is 54.4 Å². The Hall–Kier alpha value is -3.00. The van der Waals surface area contributed by atoms with E-state index in [1.165, 1.54) is 25.6 Å². The zero-order chi connectivity index (χ0) is 19.9. The molecule has 3 aromatic rings. The number of carbonyl (C=O) groups excluding carboxylic acids is 1. The summed E-state index contributed by atoms with van der Waals surface area (Å²) in [7, 11) is 1.49. The van der Waals surface area contributed by atoms with Gasteiger partial charge < -0.3 is 19.9 Å². The minimum Gasteiger partial charge on any atom is -0.497 e. The molecule has 0 saturated heterocycles. The van der Waals surface area contributed by atoms with Crippen LogP contribution in [0.1, 0.15) is 54.7 Å². The van der Waals surface area contributed by atoms with Gasteiger partial charge in [0, 0.05) is 18.1 Å². The van der Waals surface area contributed by atoms with Crippen LogP contribution < -0.4 is 10.5 Å². The molecule has 0 spiro atoms. The number of benzene rings is 1. The zero-order valence-electron chi connectivity index (χ0n) is 15.7. The van der Waals surface area contributed by atoms with Crippen LogP contribution >= 0.6 is 0 Å². The average Bonchev–Trinajstić information content (AvgIpc) is 3.39. The van der Waals surface area contributed by atoms with Crippen molar-refractivity contribution in [1.82, 2.24) is 15.0 Å². The minimum absolute atomic E-state index is 0.0912. The molecule has 0 aliphatic heterocycles. The molecule has 8 heteroatoms. The van der Waals surface area contributed by atoms with Gasteiger partial charge in [0.25, 0.3) is 5.89 Å². The summed E-state index contributed by atoms with van der Waals surface area (Å²) in [6, 6.07) is 4.38. The summed E-state index contributed by atoms with van der Waals surface area (Å²) in [6.07, 6.45) is 8.00. The van der Waals surface area contributed by atoms with E-state index in [1.807, 2.05) is 0 Å². The number of hydrogen-bond acceptors (Lipinski definition) is 6. The lowest BCUT2D eigenvalue weighted by Gasteiger charge is -2.08. The van der Waals surface area contributed by atoms with Crippen LogP contribution in [0.25, 0.3) is 11.3 Å². The quantitative estimate of drug-likeness (QED) is 0.402. The number of rotatable bonds is 10. The lowest BCUT2D eigenvalue weighted by Crippen LogP contribution is -2.12. The number of unbranched alkanes of at least 4 members (excludes halogenated alkanes) is 2. The predicted octanol–water partition coefficient (Wildman–Crippen LogP) is 4.05. The van der Waals surface area contributed by atoms with Crippen molar-refractivity contribution in [2.75, 3.05) is 7.11 Å². The highest BCUT2D eigenvalue weighted by Crippen LogP contribution is 2.26. The number of nitrogens with one attached hydrogen (secondary N) is 1. The number of methoxy groups -OCH3 is 1. The molecular formula is C20H23FN4O3. The van der Waals surface area contributed by atoms with Gasteiger partial charge in [-0.25, -0.2) is 14.4 Å². The van der Waals surface area contributed by atoms with E-state index in [4.69, 9.17) is 14.9 Å². The minimum atomic E-state index is -0.390. The first-order chi connectivity index (χ1) is 13.6. The molecule has 0 aliphatic carbocycles. The molecule has 0 unspecified atom stereocenters. The first-order valence-electron chi connectivity index (χ1n) is 9.15. The van der Waals surface area contributed by atoms with E-state index in [0.29, 0.717) is 35.7 Å². The molecule has 3 rings (SSSR count). The highest BCUT2D eigenvalue weighted by Gasteiger charge is 2.14. The maximum absolute atomic E-state index is 14.2. The van der Waals surface area contributed by atoms with Crippen LogP contribution in [0.4, 0.5) is 4.39 Å². The lowest BCUT2D eigenvalue weighted by molar-refractivity contribution is 0.0945. The second-order valence-corrected chi connectivity index (χ2v) is 6.49. The number of hydrogen-bond donors (Lipinski definition) is 2. The topological polar surface area (TPSA) is 107 Å². The summed E-state index contributed by atoms with van der Waals surface area (Å²) in [5.41, 5.74) is 7.18. The Labute approximate surface area is 162 Å². The molecule has 0 aliphatic rings. The summed E-state index contributed by atoms with van der Waals surface area (Å²) in [4.78, 5) is 23.0. The fourth-order valence-electron chi connectivity index (χ4n) is 2.93. The van der Waals surface area contributed by atoms with Crippen LogP contribution in [-0.2, 0) is 0 Å². The van der Waals surface area contributed by atoms with Gasteiger partial charge in [0.15, 0.2) is 0 Å². The van der Waals surface area contributed by atoms with E-state index in [0.717, 1.165) is 19.3 Å². The smallest absolute Gasteiger partial charge is 0.263 e. The van der Waals surface area contributed by atoms with Crippen molar-refractivity contribution in [3.63, 3.8) is 0 Å². The van der Waals surface area contributed by atoms with E-state index in [9.17, 15) is 9.18 Å². The average molecular weight is 386 g/mol. The van der Waals surface area contributed by atoms with Crippen molar-refractivity contribution in [1.29, 1.82) is 0 Å². The number of H-pyrrole nitrogens is 1. The molecule has 7 nitrogen and oxygen atoms in total. The maximum atomic E-state index is 14.2. The number of nitrogens with two attached hydrogens (primary N) is 1. The zero-order valence-corrected chi connectivity index (χ0v) is 15.7. The number of carbonyl (C=O) groups is 1. The van der Waals surface area contributed by atoms with Gasteiger partial charge in [-0.05, 0) is 25.0 Å². The highest BCUT2D eigenvalue weighted by atomic mass is 19.1. The molecule has 0 fully saturated rings. The van der Waals surface area contributed by atoms with Crippen molar-refractivity contribution in [2.24, 2.45) is 5.73 Å². The number of aromatic nitrogens is 3. The lowest BCUT2D eigenvalue weighted by atomic mass is 10.1. The van der Waals surface area contributed by atoms with Gasteiger partial charge in [-0.15, -0.1) is 0 Å². The Bertz CT molecular complexity index is 908. The van der Waals surface area contributed by atoms with Gasteiger partial charge in [-0.2, -0.15) is 0 Å². The Morgan fingerprint density at radius 1 is 1.32 bits per heavy atom. The molecule has 2 aromatic heterocycles. The van der Waals surface area contributed by atoms with Crippen LogP contribution in [0.5, 0.6) is 5.75 Å². The predicted molar refractivity (Wildman–Crippen MR) is 101 cm³/mol.